The Hall–Kier alpha value is -1.89. The van der Waals surface area contributed by atoms with Crippen LogP contribution >= 0.6 is 0 Å². The maximum Gasteiger partial charge on any atom is 0.131 e. The molecule has 0 unspecified atom stereocenters. The molecule has 26 heavy (non-hydrogen) atoms. The Morgan fingerprint density at radius 1 is 0.962 bits per heavy atom. The summed E-state index contributed by atoms with van der Waals surface area (Å²) in [5.74, 6) is 1.44. The highest BCUT2D eigenvalue weighted by molar-refractivity contribution is 5.66. The zero-order chi connectivity index (χ0) is 18.4. The lowest BCUT2D eigenvalue weighted by atomic mass is 9.77. The minimum Gasteiger partial charge on any atom is -0.206 e. The molecule has 1 aliphatic carbocycles. The standard InChI is InChI=1S/C25H31F/c1-3-5-6-7-19-8-10-21(11-9-19)22-13-15-23(16-14-22)24-17-12-20(4-2)25(26)18-24/h4,12-19,21H,2-3,5-11H2,1H3/t19-,21-. The first-order chi connectivity index (χ1) is 12.7. The zero-order valence-electron chi connectivity index (χ0n) is 16.0. The summed E-state index contributed by atoms with van der Waals surface area (Å²) in [4.78, 5) is 0. The van der Waals surface area contributed by atoms with Gasteiger partial charge in [0.25, 0.3) is 0 Å². The van der Waals surface area contributed by atoms with Crippen LogP contribution in [0.1, 0.15) is 75.3 Å². The summed E-state index contributed by atoms with van der Waals surface area (Å²) in [6.45, 7) is 5.92. The van der Waals surface area contributed by atoms with Crippen LogP contribution in [0.25, 0.3) is 17.2 Å². The topological polar surface area (TPSA) is 0 Å². The molecule has 0 radical (unpaired) electrons. The van der Waals surface area contributed by atoms with Crippen LogP contribution in [0.3, 0.4) is 0 Å². The van der Waals surface area contributed by atoms with Gasteiger partial charge in [-0.05, 0) is 60.3 Å². The molecule has 0 aromatic heterocycles. The molecule has 1 saturated carbocycles. The van der Waals surface area contributed by atoms with E-state index in [1.54, 1.807) is 18.2 Å². The lowest BCUT2D eigenvalue weighted by molar-refractivity contribution is 0.303. The quantitative estimate of drug-likeness (QED) is 0.444. The van der Waals surface area contributed by atoms with Gasteiger partial charge in [0.15, 0.2) is 0 Å². The SMILES string of the molecule is C=Cc1ccc(-c2ccc([C@H]3CC[C@H](CCCCC)CC3)cc2)cc1F. The van der Waals surface area contributed by atoms with Crippen molar-refractivity contribution in [2.75, 3.05) is 0 Å². The fourth-order valence-corrected chi connectivity index (χ4v) is 4.29. The largest absolute Gasteiger partial charge is 0.206 e. The molecule has 1 fully saturated rings. The van der Waals surface area contributed by atoms with Crippen molar-refractivity contribution < 1.29 is 4.39 Å². The van der Waals surface area contributed by atoms with Crippen molar-refractivity contribution in [3.8, 4) is 11.1 Å². The Morgan fingerprint density at radius 3 is 2.27 bits per heavy atom. The highest BCUT2D eigenvalue weighted by atomic mass is 19.1. The summed E-state index contributed by atoms with van der Waals surface area (Å²) in [6.07, 6.45) is 12.5. The molecule has 1 aliphatic rings. The van der Waals surface area contributed by atoms with E-state index in [-0.39, 0.29) is 5.82 Å². The number of unbranched alkanes of at least 4 members (excludes halogenated alkanes) is 2. The van der Waals surface area contributed by atoms with Crippen LogP contribution in [-0.2, 0) is 0 Å². The van der Waals surface area contributed by atoms with Crippen molar-refractivity contribution in [3.05, 3.63) is 66.0 Å². The summed E-state index contributed by atoms with van der Waals surface area (Å²) >= 11 is 0. The van der Waals surface area contributed by atoms with Crippen LogP contribution < -0.4 is 0 Å². The number of benzene rings is 2. The molecule has 0 N–H and O–H groups in total. The van der Waals surface area contributed by atoms with Gasteiger partial charge in [0, 0.05) is 5.56 Å². The van der Waals surface area contributed by atoms with Gasteiger partial charge >= 0.3 is 0 Å². The second-order valence-electron chi connectivity index (χ2n) is 7.78. The predicted octanol–water partition coefficient (Wildman–Crippen LogP) is 7.99. The van der Waals surface area contributed by atoms with E-state index in [1.165, 1.54) is 56.9 Å². The Bertz CT molecular complexity index is 705. The Morgan fingerprint density at radius 2 is 1.65 bits per heavy atom. The molecular formula is C25H31F. The molecule has 2 aromatic carbocycles. The van der Waals surface area contributed by atoms with Crippen LogP contribution in [0.2, 0.25) is 0 Å². The highest BCUT2D eigenvalue weighted by Gasteiger charge is 2.22. The maximum absolute atomic E-state index is 14.0. The van der Waals surface area contributed by atoms with Gasteiger partial charge in [-0.1, -0.05) is 81.7 Å². The fraction of sp³-hybridized carbons (Fsp3) is 0.440. The van der Waals surface area contributed by atoms with E-state index in [2.05, 4.69) is 37.8 Å². The van der Waals surface area contributed by atoms with Gasteiger partial charge in [0.05, 0.1) is 0 Å². The second-order valence-corrected chi connectivity index (χ2v) is 7.78. The Kier molecular flexibility index (Phi) is 6.66. The first-order valence-corrected chi connectivity index (χ1v) is 10.2. The lowest BCUT2D eigenvalue weighted by Crippen LogP contribution is -2.13. The predicted molar refractivity (Wildman–Crippen MR) is 111 cm³/mol. The van der Waals surface area contributed by atoms with Gasteiger partial charge in [-0.25, -0.2) is 4.39 Å². The van der Waals surface area contributed by atoms with Crippen molar-refractivity contribution in [2.24, 2.45) is 5.92 Å². The van der Waals surface area contributed by atoms with Gasteiger partial charge in [-0.3, -0.25) is 0 Å². The summed E-state index contributed by atoms with van der Waals surface area (Å²) in [6, 6.07) is 14.2. The minimum absolute atomic E-state index is 0.206. The summed E-state index contributed by atoms with van der Waals surface area (Å²) in [7, 11) is 0. The molecule has 0 bridgehead atoms. The molecule has 0 heterocycles. The Balaban J connectivity index is 1.60. The van der Waals surface area contributed by atoms with Gasteiger partial charge in [-0.15, -0.1) is 0 Å². The highest BCUT2D eigenvalue weighted by Crippen LogP contribution is 2.38. The number of hydrogen-bond donors (Lipinski definition) is 0. The minimum atomic E-state index is -0.206. The van der Waals surface area contributed by atoms with E-state index < -0.39 is 0 Å². The summed E-state index contributed by atoms with van der Waals surface area (Å²) in [5.41, 5.74) is 4.01. The van der Waals surface area contributed by atoms with Crippen LogP contribution in [-0.4, -0.2) is 0 Å². The van der Waals surface area contributed by atoms with E-state index in [0.29, 0.717) is 11.5 Å². The first-order valence-electron chi connectivity index (χ1n) is 10.2. The maximum atomic E-state index is 14.0. The molecule has 3 rings (SSSR count). The monoisotopic (exact) mass is 350 g/mol. The van der Waals surface area contributed by atoms with Gasteiger partial charge < -0.3 is 0 Å². The first kappa shape index (κ1) is 18.9. The average molecular weight is 351 g/mol. The molecule has 138 valence electrons. The molecule has 2 aromatic rings. The zero-order valence-corrected chi connectivity index (χ0v) is 16.0. The van der Waals surface area contributed by atoms with E-state index in [0.717, 1.165) is 17.0 Å². The third kappa shape index (κ3) is 4.63. The molecule has 0 saturated heterocycles. The number of hydrogen-bond acceptors (Lipinski definition) is 0. The lowest BCUT2D eigenvalue weighted by Gasteiger charge is -2.29. The molecule has 0 aliphatic heterocycles. The van der Waals surface area contributed by atoms with E-state index in [4.69, 9.17) is 0 Å². The molecule has 0 amide bonds. The third-order valence-electron chi connectivity index (χ3n) is 6.00. The second kappa shape index (κ2) is 9.16. The molecule has 1 heteroatoms. The summed E-state index contributed by atoms with van der Waals surface area (Å²) < 4.78 is 14.0. The molecule has 0 atom stereocenters. The van der Waals surface area contributed by atoms with Crippen molar-refractivity contribution in [1.29, 1.82) is 0 Å². The van der Waals surface area contributed by atoms with Crippen LogP contribution in [0.5, 0.6) is 0 Å². The van der Waals surface area contributed by atoms with Gasteiger partial charge in [-0.2, -0.15) is 0 Å². The molecule has 0 spiro atoms. The average Bonchev–Trinajstić information content (AvgIpc) is 2.69. The van der Waals surface area contributed by atoms with E-state index in [1.807, 2.05) is 6.07 Å². The normalized spacial score (nSPS) is 20.1. The molecular weight excluding hydrogens is 319 g/mol. The van der Waals surface area contributed by atoms with E-state index in [9.17, 15) is 4.39 Å². The van der Waals surface area contributed by atoms with Crippen molar-refractivity contribution in [3.63, 3.8) is 0 Å². The van der Waals surface area contributed by atoms with Crippen LogP contribution in [0, 0.1) is 11.7 Å². The van der Waals surface area contributed by atoms with Crippen LogP contribution in [0.4, 0.5) is 4.39 Å². The Labute approximate surface area is 158 Å². The van der Waals surface area contributed by atoms with Gasteiger partial charge in [0.1, 0.15) is 5.82 Å². The van der Waals surface area contributed by atoms with E-state index >= 15 is 0 Å². The number of halogens is 1. The summed E-state index contributed by atoms with van der Waals surface area (Å²) in [5, 5.41) is 0. The third-order valence-corrected chi connectivity index (χ3v) is 6.00. The van der Waals surface area contributed by atoms with Crippen molar-refractivity contribution in [1.82, 2.24) is 0 Å². The van der Waals surface area contributed by atoms with Crippen molar-refractivity contribution in [2.45, 2.75) is 64.2 Å². The fourth-order valence-electron chi connectivity index (χ4n) is 4.29. The number of rotatable bonds is 7. The smallest absolute Gasteiger partial charge is 0.131 e. The van der Waals surface area contributed by atoms with Crippen molar-refractivity contribution >= 4 is 6.08 Å². The van der Waals surface area contributed by atoms with Crippen LogP contribution in [0.15, 0.2) is 49.0 Å². The molecule has 0 nitrogen and oxygen atoms in total. The van der Waals surface area contributed by atoms with Gasteiger partial charge in [0.2, 0.25) is 0 Å².